The van der Waals surface area contributed by atoms with Crippen molar-refractivity contribution in [2.75, 3.05) is 6.61 Å². The molecule has 0 aliphatic rings. The van der Waals surface area contributed by atoms with E-state index in [4.69, 9.17) is 10.6 Å². The van der Waals surface area contributed by atoms with Crippen LogP contribution in [0.5, 0.6) is 5.75 Å². The van der Waals surface area contributed by atoms with E-state index in [0.717, 1.165) is 34.6 Å². The Bertz CT molecular complexity index is 601. The van der Waals surface area contributed by atoms with E-state index in [2.05, 4.69) is 28.4 Å². The van der Waals surface area contributed by atoms with Crippen LogP contribution >= 0.6 is 0 Å². The molecule has 2 aromatic heterocycles. The first-order valence-electron chi connectivity index (χ1n) is 7.12. The van der Waals surface area contributed by atoms with Gasteiger partial charge in [0.15, 0.2) is 0 Å². The molecule has 0 radical (unpaired) electrons. The van der Waals surface area contributed by atoms with E-state index >= 15 is 0 Å². The predicted octanol–water partition coefficient (Wildman–Crippen LogP) is 2.43. The summed E-state index contributed by atoms with van der Waals surface area (Å²) >= 11 is 0. The van der Waals surface area contributed by atoms with E-state index < -0.39 is 0 Å². The van der Waals surface area contributed by atoms with Crippen LogP contribution in [0.4, 0.5) is 0 Å². The van der Waals surface area contributed by atoms with E-state index in [9.17, 15) is 0 Å². The summed E-state index contributed by atoms with van der Waals surface area (Å²) in [5, 5.41) is 0. The van der Waals surface area contributed by atoms with Gasteiger partial charge in [0.1, 0.15) is 5.75 Å². The minimum absolute atomic E-state index is 0.205. The smallest absolute Gasteiger partial charge is 0.137 e. The maximum atomic E-state index is 5.74. The number of ether oxygens (including phenoxy) is 1. The van der Waals surface area contributed by atoms with E-state index in [1.165, 1.54) is 0 Å². The van der Waals surface area contributed by atoms with Crippen molar-refractivity contribution in [3.63, 3.8) is 0 Å². The third-order valence-corrected chi connectivity index (χ3v) is 3.24. The fourth-order valence-electron chi connectivity index (χ4n) is 2.25. The summed E-state index contributed by atoms with van der Waals surface area (Å²) < 4.78 is 5.62. The number of nitrogens with one attached hydrogen (secondary N) is 1. The van der Waals surface area contributed by atoms with Gasteiger partial charge >= 0.3 is 0 Å². The van der Waals surface area contributed by atoms with Gasteiger partial charge in [-0.05, 0) is 43.0 Å². The van der Waals surface area contributed by atoms with Gasteiger partial charge in [0.2, 0.25) is 0 Å². The monoisotopic (exact) mass is 286 g/mol. The normalized spacial score (nSPS) is 12.2. The van der Waals surface area contributed by atoms with Crippen LogP contribution in [0.3, 0.4) is 0 Å². The lowest BCUT2D eigenvalue weighted by atomic mass is 10.0. The highest BCUT2D eigenvalue weighted by atomic mass is 16.5. The Kier molecular flexibility index (Phi) is 5.25. The first-order chi connectivity index (χ1) is 10.2. The quantitative estimate of drug-likeness (QED) is 0.630. The lowest BCUT2D eigenvalue weighted by Gasteiger charge is -2.18. The second kappa shape index (κ2) is 7.15. The second-order valence-electron chi connectivity index (χ2n) is 5.12. The average molecular weight is 286 g/mol. The Labute approximate surface area is 125 Å². The van der Waals surface area contributed by atoms with Crippen LogP contribution in [0.15, 0.2) is 30.7 Å². The number of hydrazine groups is 1. The van der Waals surface area contributed by atoms with E-state index in [1.807, 2.05) is 26.1 Å². The summed E-state index contributed by atoms with van der Waals surface area (Å²) in [5.74, 6) is 6.48. The van der Waals surface area contributed by atoms with Gasteiger partial charge in [0.25, 0.3) is 0 Å². The molecular formula is C16H22N4O. The molecule has 112 valence electrons. The molecule has 2 heterocycles. The number of pyridine rings is 2. The average Bonchev–Trinajstić information content (AvgIpc) is 2.48. The van der Waals surface area contributed by atoms with Crippen LogP contribution in [0, 0.1) is 13.8 Å². The number of aromatic nitrogens is 2. The number of nitrogens with zero attached hydrogens (tertiary/aromatic N) is 2. The summed E-state index contributed by atoms with van der Waals surface area (Å²) in [5.41, 5.74) is 6.88. The zero-order valence-corrected chi connectivity index (χ0v) is 12.8. The maximum Gasteiger partial charge on any atom is 0.137 e. The van der Waals surface area contributed by atoms with Crippen molar-refractivity contribution in [1.29, 1.82) is 0 Å². The molecule has 0 saturated heterocycles. The Hall–Kier alpha value is -1.98. The lowest BCUT2D eigenvalue weighted by molar-refractivity contribution is 0.315. The van der Waals surface area contributed by atoms with Gasteiger partial charge in [0.05, 0.1) is 24.5 Å². The fraction of sp³-hybridized carbons (Fsp3) is 0.375. The number of hydrogen-bond donors (Lipinski definition) is 2. The SMILES string of the molecule is CCCOc1cncc(C(NN)c2ncc(C)cc2C)c1. The van der Waals surface area contributed by atoms with Crippen LogP contribution in [0.1, 0.15) is 41.8 Å². The molecule has 1 atom stereocenters. The van der Waals surface area contributed by atoms with Crippen molar-refractivity contribution < 1.29 is 4.74 Å². The van der Waals surface area contributed by atoms with E-state index in [1.54, 1.807) is 12.4 Å². The van der Waals surface area contributed by atoms with Crippen molar-refractivity contribution in [2.24, 2.45) is 5.84 Å². The predicted molar refractivity (Wildman–Crippen MR) is 82.9 cm³/mol. The minimum Gasteiger partial charge on any atom is -0.492 e. The third kappa shape index (κ3) is 3.77. The van der Waals surface area contributed by atoms with Gasteiger partial charge < -0.3 is 4.74 Å². The Morgan fingerprint density at radius 3 is 2.71 bits per heavy atom. The molecule has 0 aromatic carbocycles. The summed E-state index contributed by atoms with van der Waals surface area (Å²) in [6.45, 7) is 6.80. The molecule has 3 N–H and O–H groups in total. The molecule has 5 nitrogen and oxygen atoms in total. The molecule has 0 aliphatic heterocycles. The molecule has 0 aliphatic carbocycles. The van der Waals surface area contributed by atoms with Crippen LogP contribution in [-0.4, -0.2) is 16.6 Å². The number of nitrogens with two attached hydrogens (primary N) is 1. The molecule has 2 aromatic rings. The maximum absolute atomic E-state index is 5.74. The van der Waals surface area contributed by atoms with Gasteiger partial charge in [0, 0.05) is 12.4 Å². The van der Waals surface area contributed by atoms with Crippen LogP contribution in [0.2, 0.25) is 0 Å². The fourth-order valence-corrected chi connectivity index (χ4v) is 2.25. The number of aryl methyl sites for hydroxylation is 2. The minimum atomic E-state index is -0.205. The van der Waals surface area contributed by atoms with Gasteiger partial charge in [-0.15, -0.1) is 0 Å². The summed E-state index contributed by atoms with van der Waals surface area (Å²) in [7, 11) is 0. The van der Waals surface area contributed by atoms with Crippen LogP contribution in [-0.2, 0) is 0 Å². The molecule has 1 unspecified atom stereocenters. The zero-order valence-electron chi connectivity index (χ0n) is 12.8. The van der Waals surface area contributed by atoms with E-state index in [-0.39, 0.29) is 6.04 Å². The molecule has 5 heteroatoms. The van der Waals surface area contributed by atoms with Gasteiger partial charge in [-0.2, -0.15) is 0 Å². The molecule has 0 saturated carbocycles. The highest BCUT2D eigenvalue weighted by molar-refractivity contribution is 5.35. The molecule has 0 amide bonds. The molecule has 2 rings (SSSR count). The van der Waals surface area contributed by atoms with Crippen LogP contribution < -0.4 is 16.0 Å². The van der Waals surface area contributed by atoms with Gasteiger partial charge in [-0.25, -0.2) is 5.43 Å². The molecular weight excluding hydrogens is 264 g/mol. The third-order valence-electron chi connectivity index (χ3n) is 3.24. The van der Waals surface area contributed by atoms with Gasteiger partial charge in [-0.3, -0.25) is 15.8 Å². The van der Waals surface area contributed by atoms with Gasteiger partial charge in [-0.1, -0.05) is 13.0 Å². The summed E-state index contributed by atoms with van der Waals surface area (Å²) in [6.07, 6.45) is 6.30. The number of hydrogen-bond acceptors (Lipinski definition) is 5. The molecule has 21 heavy (non-hydrogen) atoms. The summed E-state index contributed by atoms with van der Waals surface area (Å²) in [4.78, 5) is 8.74. The first-order valence-corrected chi connectivity index (χ1v) is 7.12. The Morgan fingerprint density at radius 1 is 1.24 bits per heavy atom. The van der Waals surface area contributed by atoms with Crippen molar-refractivity contribution in [1.82, 2.24) is 15.4 Å². The highest BCUT2D eigenvalue weighted by Gasteiger charge is 2.17. The van der Waals surface area contributed by atoms with E-state index in [0.29, 0.717) is 6.61 Å². The lowest BCUT2D eigenvalue weighted by Crippen LogP contribution is -2.30. The largest absolute Gasteiger partial charge is 0.492 e. The van der Waals surface area contributed by atoms with Crippen LogP contribution in [0.25, 0.3) is 0 Å². The summed E-state index contributed by atoms with van der Waals surface area (Å²) in [6, 6.07) is 3.84. The van der Waals surface area contributed by atoms with Crippen molar-refractivity contribution in [3.05, 3.63) is 53.1 Å². The molecule has 0 bridgehead atoms. The van der Waals surface area contributed by atoms with Crippen molar-refractivity contribution >= 4 is 0 Å². The Morgan fingerprint density at radius 2 is 2.05 bits per heavy atom. The Balaban J connectivity index is 2.32. The van der Waals surface area contributed by atoms with Crippen molar-refractivity contribution in [3.8, 4) is 5.75 Å². The number of rotatable bonds is 6. The highest BCUT2D eigenvalue weighted by Crippen LogP contribution is 2.25. The topological polar surface area (TPSA) is 73.1 Å². The van der Waals surface area contributed by atoms with Crippen molar-refractivity contribution in [2.45, 2.75) is 33.2 Å². The first kappa shape index (κ1) is 15.4. The second-order valence-corrected chi connectivity index (χ2v) is 5.12. The molecule has 0 spiro atoms. The molecule has 0 fully saturated rings. The zero-order chi connectivity index (χ0) is 15.2. The standard InChI is InChI=1S/C16H22N4O/c1-4-5-21-14-7-13(9-18-10-14)16(20-17)15-12(3)6-11(2)8-19-15/h6-10,16,20H,4-5,17H2,1-3H3.